The summed E-state index contributed by atoms with van der Waals surface area (Å²) in [6.07, 6.45) is 4.10. The zero-order valence-corrected chi connectivity index (χ0v) is 9.03. The third kappa shape index (κ3) is 1.82. The van der Waals surface area contributed by atoms with Gasteiger partial charge in [-0.1, -0.05) is 6.42 Å². The Morgan fingerprint density at radius 1 is 1.64 bits per heavy atom. The summed E-state index contributed by atoms with van der Waals surface area (Å²) in [5.41, 5.74) is 8.16. The minimum Gasteiger partial charge on any atom is -0.323 e. The van der Waals surface area contributed by atoms with Crippen LogP contribution in [0.3, 0.4) is 0 Å². The summed E-state index contributed by atoms with van der Waals surface area (Å²) in [6, 6.07) is 2.19. The molecule has 78 valence electrons. The lowest BCUT2D eigenvalue weighted by Gasteiger charge is -2.26. The molecule has 14 heavy (non-hydrogen) atoms. The Bertz CT molecular complexity index is 310. The van der Waals surface area contributed by atoms with Crippen LogP contribution >= 0.6 is 0 Å². The van der Waals surface area contributed by atoms with Gasteiger partial charge in [-0.05, 0) is 38.7 Å². The van der Waals surface area contributed by atoms with Crippen LogP contribution < -0.4 is 5.73 Å². The molecule has 1 aromatic heterocycles. The number of nitrogens with zero attached hydrogens (tertiary/aromatic N) is 2. The summed E-state index contributed by atoms with van der Waals surface area (Å²) in [5.74, 6) is 0.840. The second kappa shape index (κ2) is 3.73. The molecule has 1 atom stereocenters. The van der Waals surface area contributed by atoms with Crippen LogP contribution in [0.15, 0.2) is 6.07 Å². The second-order valence-electron chi connectivity index (χ2n) is 4.48. The van der Waals surface area contributed by atoms with E-state index < -0.39 is 0 Å². The number of nitrogens with two attached hydrogens (primary N) is 1. The van der Waals surface area contributed by atoms with Crippen LogP contribution in [0.2, 0.25) is 0 Å². The lowest BCUT2D eigenvalue weighted by atomic mass is 9.85. The third-order valence-corrected chi connectivity index (χ3v) is 3.06. The molecule has 1 heterocycles. The van der Waals surface area contributed by atoms with Gasteiger partial charge in [-0.2, -0.15) is 5.10 Å². The van der Waals surface area contributed by atoms with E-state index in [1.807, 2.05) is 13.8 Å². The predicted octanol–water partition coefficient (Wildman–Crippen LogP) is 2.01. The molecule has 0 aliphatic heterocycles. The number of aromatic nitrogens is 2. The first-order chi connectivity index (χ1) is 6.66. The Balaban J connectivity index is 2.13. The molecule has 0 saturated heterocycles. The highest BCUT2D eigenvalue weighted by molar-refractivity contribution is 5.12. The highest BCUT2D eigenvalue weighted by Crippen LogP contribution is 2.28. The Morgan fingerprint density at radius 3 is 2.86 bits per heavy atom. The van der Waals surface area contributed by atoms with Crippen LogP contribution in [0.4, 0.5) is 0 Å². The van der Waals surface area contributed by atoms with Crippen molar-refractivity contribution in [1.29, 1.82) is 0 Å². The lowest BCUT2D eigenvalue weighted by Crippen LogP contribution is -2.22. The molecular formula is C11H19N3. The first-order valence-corrected chi connectivity index (χ1v) is 5.46. The molecule has 0 radical (unpaired) electrons. The maximum Gasteiger partial charge on any atom is 0.0597 e. The number of hydrogen-bond acceptors (Lipinski definition) is 2. The fourth-order valence-electron chi connectivity index (χ4n) is 2.00. The number of hydrogen-bond donors (Lipinski definition) is 1. The van der Waals surface area contributed by atoms with Crippen molar-refractivity contribution in [3.63, 3.8) is 0 Å². The van der Waals surface area contributed by atoms with Crippen LogP contribution in [0.25, 0.3) is 0 Å². The van der Waals surface area contributed by atoms with Crippen LogP contribution in [0, 0.1) is 12.8 Å². The van der Waals surface area contributed by atoms with Crippen molar-refractivity contribution in [2.45, 2.75) is 45.7 Å². The smallest absolute Gasteiger partial charge is 0.0597 e. The minimum atomic E-state index is 0.0938. The standard InChI is InChI=1S/C11H19N3/c1-8-6-11(9(2)12)14(13-8)7-10-4-3-5-10/h6,9-10H,3-5,7,12H2,1-2H3/t9-/m0/s1. The summed E-state index contributed by atoms with van der Waals surface area (Å²) < 4.78 is 2.10. The predicted molar refractivity (Wildman–Crippen MR) is 56.9 cm³/mol. The summed E-state index contributed by atoms with van der Waals surface area (Å²) >= 11 is 0. The van der Waals surface area contributed by atoms with E-state index in [0.29, 0.717) is 0 Å². The SMILES string of the molecule is Cc1cc([C@H](C)N)n(CC2CCC2)n1. The van der Waals surface area contributed by atoms with Gasteiger partial charge in [0.15, 0.2) is 0 Å². The third-order valence-electron chi connectivity index (χ3n) is 3.06. The van der Waals surface area contributed by atoms with E-state index in [-0.39, 0.29) is 6.04 Å². The number of rotatable bonds is 3. The lowest BCUT2D eigenvalue weighted by molar-refractivity contribution is 0.262. The van der Waals surface area contributed by atoms with Crippen LogP contribution in [0.1, 0.15) is 43.6 Å². The zero-order chi connectivity index (χ0) is 10.1. The molecule has 1 aliphatic rings. The van der Waals surface area contributed by atoms with Gasteiger partial charge < -0.3 is 5.73 Å². The number of aryl methyl sites for hydroxylation is 1. The van der Waals surface area contributed by atoms with Gasteiger partial charge >= 0.3 is 0 Å². The molecule has 1 fully saturated rings. The van der Waals surface area contributed by atoms with Gasteiger partial charge in [0.25, 0.3) is 0 Å². The molecule has 0 unspecified atom stereocenters. The molecule has 1 aromatic rings. The largest absolute Gasteiger partial charge is 0.323 e. The maximum absolute atomic E-state index is 5.90. The Kier molecular flexibility index (Phi) is 2.59. The van der Waals surface area contributed by atoms with Crippen molar-refractivity contribution in [3.8, 4) is 0 Å². The molecule has 2 rings (SSSR count). The molecule has 1 aliphatic carbocycles. The van der Waals surface area contributed by atoms with Gasteiger partial charge in [-0.3, -0.25) is 4.68 Å². The van der Waals surface area contributed by atoms with E-state index in [4.69, 9.17) is 5.73 Å². The normalized spacial score (nSPS) is 19.4. The van der Waals surface area contributed by atoms with Crippen molar-refractivity contribution >= 4 is 0 Å². The Labute approximate surface area is 85.3 Å². The topological polar surface area (TPSA) is 43.8 Å². The van der Waals surface area contributed by atoms with Crippen molar-refractivity contribution in [2.75, 3.05) is 0 Å². The molecule has 1 saturated carbocycles. The molecule has 0 amide bonds. The van der Waals surface area contributed by atoms with Crippen LogP contribution in [0.5, 0.6) is 0 Å². The fourth-order valence-corrected chi connectivity index (χ4v) is 2.00. The highest BCUT2D eigenvalue weighted by Gasteiger charge is 2.20. The summed E-state index contributed by atoms with van der Waals surface area (Å²) in [6.45, 7) is 5.11. The average molecular weight is 193 g/mol. The van der Waals surface area contributed by atoms with E-state index in [2.05, 4.69) is 15.8 Å². The minimum absolute atomic E-state index is 0.0938. The quantitative estimate of drug-likeness (QED) is 0.798. The summed E-state index contributed by atoms with van der Waals surface area (Å²) in [7, 11) is 0. The monoisotopic (exact) mass is 193 g/mol. The fraction of sp³-hybridized carbons (Fsp3) is 0.727. The summed E-state index contributed by atoms with van der Waals surface area (Å²) in [4.78, 5) is 0. The average Bonchev–Trinajstić information content (AvgIpc) is 2.39. The van der Waals surface area contributed by atoms with Crippen molar-refractivity contribution in [1.82, 2.24) is 9.78 Å². The highest BCUT2D eigenvalue weighted by atomic mass is 15.3. The molecule has 0 aromatic carbocycles. The van der Waals surface area contributed by atoms with Crippen molar-refractivity contribution in [3.05, 3.63) is 17.5 Å². The second-order valence-corrected chi connectivity index (χ2v) is 4.48. The zero-order valence-electron chi connectivity index (χ0n) is 9.03. The molecular weight excluding hydrogens is 174 g/mol. The van der Waals surface area contributed by atoms with E-state index in [9.17, 15) is 0 Å². The molecule has 0 bridgehead atoms. The van der Waals surface area contributed by atoms with Crippen molar-refractivity contribution < 1.29 is 0 Å². The molecule has 0 spiro atoms. The van der Waals surface area contributed by atoms with Gasteiger partial charge in [0.05, 0.1) is 11.4 Å². The van der Waals surface area contributed by atoms with Gasteiger partial charge in [-0.25, -0.2) is 0 Å². The molecule has 3 nitrogen and oxygen atoms in total. The Morgan fingerprint density at radius 2 is 2.36 bits per heavy atom. The van der Waals surface area contributed by atoms with Gasteiger partial charge in [0, 0.05) is 12.6 Å². The van der Waals surface area contributed by atoms with Gasteiger partial charge in [0.2, 0.25) is 0 Å². The van der Waals surface area contributed by atoms with Crippen LogP contribution in [-0.4, -0.2) is 9.78 Å². The van der Waals surface area contributed by atoms with Gasteiger partial charge in [0.1, 0.15) is 0 Å². The van der Waals surface area contributed by atoms with Crippen molar-refractivity contribution in [2.24, 2.45) is 11.7 Å². The maximum atomic E-state index is 5.90. The first-order valence-electron chi connectivity index (χ1n) is 5.46. The Hall–Kier alpha value is -0.830. The van der Waals surface area contributed by atoms with E-state index in [0.717, 1.165) is 18.2 Å². The van der Waals surface area contributed by atoms with E-state index >= 15 is 0 Å². The van der Waals surface area contributed by atoms with Crippen LogP contribution in [-0.2, 0) is 6.54 Å². The first kappa shape index (κ1) is 9.71. The molecule has 3 heteroatoms. The van der Waals surface area contributed by atoms with E-state index in [1.54, 1.807) is 0 Å². The van der Waals surface area contributed by atoms with Gasteiger partial charge in [-0.15, -0.1) is 0 Å². The van der Waals surface area contributed by atoms with E-state index in [1.165, 1.54) is 25.0 Å². The molecule has 2 N–H and O–H groups in total. The summed E-state index contributed by atoms with van der Waals surface area (Å²) in [5, 5.41) is 4.49.